The molecule has 2 unspecified atom stereocenters. The fourth-order valence-corrected chi connectivity index (χ4v) is 5.70. The van der Waals surface area contributed by atoms with E-state index < -0.39 is 10.8 Å². The first kappa shape index (κ1) is 13.9. The predicted molar refractivity (Wildman–Crippen MR) is 77.9 cm³/mol. The summed E-state index contributed by atoms with van der Waals surface area (Å²) in [5, 5.41) is 0.399. The zero-order valence-corrected chi connectivity index (χ0v) is 12.6. The topological polar surface area (TPSA) is 34.1 Å². The minimum Gasteiger partial charge on any atom is -0.294 e. The molecule has 0 spiro atoms. The van der Waals surface area contributed by atoms with Crippen LogP contribution in [0.15, 0.2) is 12.1 Å². The van der Waals surface area contributed by atoms with Gasteiger partial charge in [-0.25, -0.2) is 4.39 Å². The molecule has 0 saturated carbocycles. The molecule has 108 valence electrons. The van der Waals surface area contributed by atoms with Gasteiger partial charge in [0.25, 0.3) is 0 Å². The largest absolute Gasteiger partial charge is 0.294 e. The zero-order valence-electron chi connectivity index (χ0n) is 11.8. The second kappa shape index (κ2) is 5.06. The van der Waals surface area contributed by atoms with E-state index in [2.05, 4.69) is 0 Å². The van der Waals surface area contributed by atoms with Crippen molar-refractivity contribution in [1.29, 1.82) is 0 Å². The van der Waals surface area contributed by atoms with Crippen LogP contribution < -0.4 is 0 Å². The molecule has 2 saturated heterocycles. The first-order valence-corrected chi connectivity index (χ1v) is 8.45. The fourth-order valence-electron chi connectivity index (χ4n) is 3.57. The zero-order chi connectivity index (χ0) is 14.4. The van der Waals surface area contributed by atoms with Crippen molar-refractivity contribution in [2.45, 2.75) is 50.0 Å². The number of fused-ring (bicyclic) bond motifs is 2. The lowest BCUT2D eigenvalue weighted by Crippen LogP contribution is -2.32. The molecule has 2 fully saturated rings. The van der Waals surface area contributed by atoms with Crippen molar-refractivity contribution in [1.82, 2.24) is 0 Å². The Labute approximate surface area is 121 Å². The van der Waals surface area contributed by atoms with Gasteiger partial charge in [0.05, 0.1) is 0 Å². The summed E-state index contributed by atoms with van der Waals surface area (Å²) in [4.78, 5) is 12.6. The third-order valence-electron chi connectivity index (χ3n) is 4.65. The van der Waals surface area contributed by atoms with Crippen LogP contribution in [0.5, 0.6) is 0 Å². The number of carbonyl (C=O) groups excluding carboxylic acids is 1. The molecule has 0 aliphatic carbocycles. The van der Waals surface area contributed by atoms with Crippen LogP contribution in [0.3, 0.4) is 0 Å². The van der Waals surface area contributed by atoms with Gasteiger partial charge in [-0.2, -0.15) is 0 Å². The number of carbonyl (C=O) groups is 1. The molecule has 2 atom stereocenters. The maximum absolute atomic E-state index is 13.7. The molecular formula is C16H19FO2S. The standard InChI is InChI=1S/C16H19FO2S/c1-9-5-11(6-10(2)15(9)17)16(18)12-7-13-3-4-14(8-12)20(13)19/h5-6,12-14H,3-4,7-8H2,1-2H3. The normalized spacial score (nSPS) is 32.4. The molecule has 2 bridgehead atoms. The molecule has 3 rings (SSSR count). The van der Waals surface area contributed by atoms with Crippen molar-refractivity contribution in [3.8, 4) is 0 Å². The van der Waals surface area contributed by atoms with Gasteiger partial charge in [0.2, 0.25) is 0 Å². The van der Waals surface area contributed by atoms with Gasteiger partial charge in [0.15, 0.2) is 5.78 Å². The monoisotopic (exact) mass is 294 g/mol. The van der Waals surface area contributed by atoms with E-state index >= 15 is 0 Å². The van der Waals surface area contributed by atoms with Gasteiger partial charge in [-0.15, -0.1) is 0 Å². The molecule has 0 aromatic heterocycles. The Hall–Kier alpha value is -1.03. The Morgan fingerprint density at radius 3 is 2.15 bits per heavy atom. The van der Waals surface area contributed by atoms with E-state index in [0.29, 0.717) is 16.7 Å². The lowest BCUT2D eigenvalue weighted by atomic mass is 9.89. The van der Waals surface area contributed by atoms with E-state index in [0.717, 1.165) is 25.7 Å². The molecule has 0 radical (unpaired) electrons. The number of ketones is 1. The molecule has 1 aromatic rings. The molecule has 0 N–H and O–H groups in total. The van der Waals surface area contributed by atoms with Gasteiger partial charge in [0.1, 0.15) is 5.82 Å². The molecule has 20 heavy (non-hydrogen) atoms. The van der Waals surface area contributed by atoms with Crippen LogP contribution in [0.4, 0.5) is 4.39 Å². The molecule has 2 nitrogen and oxygen atoms in total. The average molecular weight is 294 g/mol. The van der Waals surface area contributed by atoms with E-state index in [9.17, 15) is 13.4 Å². The van der Waals surface area contributed by atoms with E-state index in [1.807, 2.05) is 0 Å². The summed E-state index contributed by atoms with van der Waals surface area (Å²) in [6, 6.07) is 3.30. The summed E-state index contributed by atoms with van der Waals surface area (Å²) in [5.74, 6) is -0.161. The summed E-state index contributed by atoms with van der Waals surface area (Å²) in [7, 11) is -0.737. The summed E-state index contributed by atoms with van der Waals surface area (Å²) >= 11 is 0. The Morgan fingerprint density at radius 1 is 1.15 bits per heavy atom. The highest BCUT2D eigenvalue weighted by Crippen LogP contribution is 2.40. The first-order chi connectivity index (χ1) is 9.47. The number of halogens is 1. The number of benzene rings is 1. The van der Waals surface area contributed by atoms with Crippen LogP contribution in [0.1, 0.15) is 47.2 Å². The lowest BCUT2D eigenvalue weighted by molar-refractivity contribution is 0.0906. The van der Waals surface area contributed by atoms with Crippen molar-refractivity contribution in [3.05, 3.63) is 34.6 Å². The Morgan fingerprint density at radius 2 is 1.65 bits per heavy atom. The minimum atomic E-state index is -0.737. The van der Waals surface area contributed by atoms with E-state index in [1.54, 1.807) is 26.0 Å². The number of Topliss-reactive ketones (excluding diaryl/α,β-unsaturated/α-hetero) is 1. The van der Waals surface area contributed by atoms with Crippen molar-refractivity contribution in [3.63, 3.8) is 0 Å². The minimum absolute atomic E-state index is 0.0329. The molecular weight excluding hydrogens is 275 g/mol. The molecule has 4 heteroatoms. The lowest BCUT2D eigenvalue weighted by Gasteiger charge is -2.26. The van der Waals surface area contributed by atoms with Crippen LogP contribution in [0, 0.1) is 25.6 Å². The van der Waals surface area contributed by atoms with Crippen molar-refractivity contribution < 1.29 is 13.4 Å². The molecule has 2 aliphatic rings. The van der Waals surface area contributed by atoms with E-state index in [4.69, 9.17) is 0 Å². The van der Waals surface area contributed by atoms with Gasteiger partial charge < -0.3 is 0 Å². The third kappa shape index (κ3) is 2.24. The van der Waals surface area contributed by atoms with Gasteiger partial charge in [-0.3, -0.25) is 9.00 Å². The van der Waals surface area contributed by atoms with Crippen LogP contribution >= 0.6 is 0 Å². The Bertz CT molecular complexity index is 557. The van der Waals surface area contributed by atoms with Crippen LogP contribution in [-0.4, -0.2) is 20.5 Å². The Kier molecular flexibility index (Phi) is 3.53. The highest BCUT2D eigenvalue weighted by atomic mass is 32.2. The van der Waals surface area contributed by atoms with E-state index in [-0.39, 0.29) is 28.0 Å². The predicted octanol–water partition coefficient (Wildman–Crippen LogP) is 3.31. The second-order valence-corrected chi connectivity index (χ2v) is 8.10. The maximum Gasteiger partial charge on any atom is 0.166 e. The van der Waals surface area contributed by atoms with Crippen LogP contribution in [0.2, 0.25) is 0 Å². The van der Waals surface area contributed by atoms with Gasteiger partial charge in [-0.05, 0) is 62.8 Å². The molecule has 0 amide bonds. The van der Waals surface area contributed by atoms with Gasteiger partial charge in [0, 0.05) is 32.8 Å². The molecule has 2 aliphatic heterocycles. The average Bonchev–Trinajstić information content (AvgIpc) is 2.66. The maximum atomic E-state index is 13.7. The van der Waals surface area contributed by atoms with Crippen LogP contribution in [-0.2, 0) is 10.8 Å². The summed E-state index contributed by atoms with van der Waals surface area (Å²) in [6.45, 7) is 3.39. The highest BCUT2D eigenvalue weighted by Gasteiger charge is 2.42. The van der Waals surface area contributed by atoms with Gasteiger partial charge in [-0.1, -0.05) is 0 Å². The fraction of sp³-hybridized carbons (Fsp3) is 0.562. The third-order valence-corrected chi connectivity index (χ3v) is 6.82. The smallest absolute Gasteiger partial charge is 0.166 e. The molecule has 2 heterocycles. The SMILES string of the molecule is Cc1cc(C(=O)C2CC3CCC(C2)S3=O)cc(C)c1F. The summed E-state index contributed by atoms with van der Waals surface area (Å²) in [6.07, 6.45) is 3.44. The van der Waals surface area contributed by atoms with Crippen molar-refractivity contribution in [2.75, 3.05) is 0 Å². The second-order valence-electron chi connectivity index (χ2n) is 6.11. The first-order valence-electron chi connectivity index (χ1n) is 7.17. The Balaban J connectivity index is 1.85. The summed E-state index contributed by atoms with van der Waals surface area (Å²) in [5.41, 5.74) is 1.66. The number of hydrogen-bond acceptors (Lipinski definition) is 2. The molecule has 1 aromatic carbocycles. The number of aryl methyl sites for hydroxylation is 2. The van der Waals surface area contributed by atoms with Crippen molar-refractivity contribution in [2.24, 2.45) is 5.92 Å². The number of rotatable bonds is 2. The quantitative estimate of drug-likeness (QED) is 0.784. The van der Waals surface area contributed by atoms with Gasteiger partial charge >= 0.3 is 0 Å². The van der Waals surface area contributed by atoms with E-state index in [1.165, 1.54) is 0 Å². The van der Waals surface area contributed by atoms with Crippen LogP contribution in [0.25, 0.3) is 0 Å². The highest BCUT2D eigenvalue weighted by molar-refractivity contribution is 7.86. The number of hydrogen-bond donors (Lipinski definition) is 0. The summed E-state index contributed by atoms with van der Waals surface area (Å²) < 4.78 is 25.6. The van der Waals surface area contributed by atoms with Crippen molar-refractivity contribution >= 4 is 16.6 Å².